The summed E-state index contributed by atoms with van der Waals surface area (Å²) in [5.41, 5.74) is 0. The van der Waals surface area contributed by atoms with Crippen molar-refractivity contribution < 1.29 is 4.79 Å². The minimum absolute atomic E-state index is 0.102. The van der Waals surface area contributed by atoms with Gasteiger partial charge >= 0.3 is 0 Å². The molecule has 17 heavy (non-hydrogen) atoms. The summed E-state index contributed by atoms with van der Waals surface area (Å²) in [6.45, 7) is 4.23. The Labute approximate surface area is 119 Å². The molecule has 2 N–H and O–H groups in total. The Hall–Kier alpha value is -0.100. The van der Waals surface area contributed by atoms with Crippen molar-refractivity contribution >= 4 is 44.8 Å². The molecule has 0 aromatic carbocycles. The van der Waals surface area contributed by atoms with Crippen molar-refractivity contribution in [2.24, 2.45) is 0 Å². The largest absolute Gasteiger partial charge is 0.356 e. The number of rotatable bonds is 7. The van der Waals surface area contributed by atoms with Gasteiger partial charge in [0.2, 0.25) is 5.91 Å². The molecule has 0 spiro atoms. The Balaban J connectivity index is 2.14. The number of hydrogen-bond donors (Lipinski definition) is 2. The maximum Gasteiger partial charge on any atom is 0.221 e. The van der Waals surface area contributed by atoms with Gasteiger partial charge in [0.25, 0.3) is 0 Å². The van der Waals surface area contributed by atoms with E-state index in [1.807, 2.05) is 13.0 Å². The summed E-state index contributed by atoms with van der Waals surface area (Å²) in [5.74, 6) is 0.102. The van der Waals surface area contributed by atoms with Crippen LogP contribution < -0.4 is 10.6 Å². The molecule has 0 saturated carbocycles. The predicted octanol–water partition coefficient (Wildman–Crippen LogP) is 3.17. The Kier molecular flexibility index (Phi) is 7.11. The van der Waals surface area contributed by atoms with Crippen LogP contribution in [0.15, 0.2) is 10.5 Å². The quantitative estimate of drug-likeness (QED) is 0.749. The average Bonchev–Trinajstić information content (AvgIpc) is 2.61. The van der Waals surface area contributed by atoms with Crippen LogP contribution in [0.5, 0.6) is 0 Å². The van der Waals surface area contributed by atoms with Crippen LogP contribution in [0.25, 0.3) is 0 Å². The van der Waals surface area contributed by atoms with E-state index in [2.05, 4.69) is 26.6 Å². The van der Waals surface area contributed by atoms with E-state index < -0.39 is 0 Å². The smallest absolute Gasteiger partial charge is 0.221 e. The maximum atomic E-state index is 11.3. The van der Waals surface area contributed by atoms with Crippen LogP contribution in [0.3, 0.4) is 0 Å². The second-order valence-corrected chi connectivity index (χ2v) is 6.20. The van der Waals surface area contributed by atoms with Gasteiger partial charge < -0.3 is 10.6 Å². The van der Waals surface area contributed by atoms with Crippen LogP contribution in [0.1, 0.15) is 24.6 Å². The summed E-state index contributed by atoms with van der Waals surface area (Å²) in [5, 5.41) is 6.06. The number of amides is 1. The number of hydrogen-bond acceptors (Lipinski definition) is 3. The van der Waals surface area contributed by atoms with Crippen molar-refractivity contribution in [3.05, 3.63) is 19.8 Å². The van der Waals surface area contributed by atoms with E-state index in [0.717, 1.165) is 33.2 Å². The first kappa shape index (κ1) is 15.0. The van der Waals surface area contributed by atoms with Gasteiger partial charge in [-0.05, 0) is 28.4 Å². The lowest BCUT2D eigenvalue weighted by Crippen LogP contribution is -2.27. The van der Waals surface area contributed by atoms with E-state index in [1.54, 1.807) is 11.3 Å². The van der Waals surface area contributed by atoms with Gasteiger partial charge in [0.05, 0.1) is 0 Å². The van der Waals surface area contributed by atoms with Crippen LogP contribution in [0.2, 0.25) is 4.34 Å². The van der Waals surface area contributed by atoms with Gasteiger partial charge in [0, 0.05) is 35.4 Å². The van der Waals surface area contributed by atoms with Crippen molar-refractivity contribution in [1.82, 2.24) is 10.6 Å². The third-order valence-electron chi connectivity index (χ3n) is 2.10. The van der Waals surface area contributed by atoms with Gasteiger partial charge in [-0.2, -0.15) is 0 Å². The highest BCUT2D eigenvalue weighted by Gasteiger charge is 2.04. The first-order chi connectivity index (χ1) is 8.13. The molecule has 0 unspecified atom stereocenters. The van der Waals surface area contributed by atoms with Gasteiger partial charge in [0.1, 0.15) is 4.34 Å². The predicted molar refractivity (Wildman–Crippen MR) is 76.7 cm³/mol. The zero-order valence-electron chi connectivity index (χ0n) is 9.69. The first-order valence-corrected chi connectivity index (χ1v) is 7.53. The number of nitrogens with one attached hydrogen (secondary N) is 2. The number of carbonyl (C=O) groups is 1. The van der Waals surface area contributed by atoms with E-state index in [1.165, 1.54) is 0 Å². The van der Waals surface area contributed by atoms with Crippen molar-refractivity contribution in [3.63, 3.8) is 0 Å². The Morgan fingerprint density at radius 3 is 2.88 bits per heavy atom. The molecule has 1 amide bonds. The van der Waals surface area contributed by atoms with Crippen LogP contribution in [0.4, 0.5) is 0 Å². The van der Waals surface area contributed by atoms with E-state index >= 15 is 0 Å². The van der Waals surface area contributed by atoms with Crippen LogP contribution >= 0.6 is 38.9 Å². The highest BCUT2D eigenvalue weighted by atomic mass is 79.9. The molecule has 0 bridgehead atoms. The lowest BCUT2D eigenvalue weighted by atomic mass is 10.3. The molecule has 96 valence electrons. The molecule has 0 saturated heterocycles. The van der Waals surface area contributed by atoms with Gasteiger partial charge in [-0.25, -0.2) is 0 Å². The van der Waals surface area contributed by atoms with Crippen molar-refractivity contribution in [3.8, 4) is 0 Å². The summed E-state index contributed by atoms with van der Waals surface area (Å²) in [6.07, 6.45) is 1.49. The molecule has 0 aliphatic carbocycles. The third-order valence-corrected chi connectivity index (χ3v) is 4.57. The molecule has 0 radical (unpaired) electrons. The molecule has 1 aromatic rings. The summed E-state index contributed by atoms with van der Waals surface area (Å²) in [6, 6.07) is 2.00. The Morgan fingerprint density at radius 2 is 2.29 bits per heavy atom. The summed E-state index contributed by atoms with van der Waals surface area (Å²) in [7, 11) is 0. The SMILES string of the molecule is CCCNC(=O)CCNCc1cc(Br)c(Cl)s1. The van der Waals surface area contributed by atoms with Crippen LogP contribution in [-0.2, 0) is 11.3 Å². The fraction of sp³-hybridized carbons (Fsp3) is 0.545. The second kappa shape index (κ2) is 8.08. The first-order valence-electron chi connectivity index (χ1n) is 5.54. The highest BCUT2D eigenvalue weighted by molar-refractivity contribution is 9.10. The summed E-state index contributed by atoms with van der Waals surface area (Å²) < 4.78 is 1.70. The lowest BCUT2D eigenvalue weighted by Gasteiger charge is -2.04. The Morgan fingerprint density at radius 1 is 1.53 bits per heavy atom. The molecule has 3 nitrogen and oxygen atoms in total. The number of thiophene rings is 1. The van der Waals surface area contributed by atoms with E-state index in [-0.39, 0.29) is 5.91 Å². The molecule has 0 aliphatic heterocycles. The van der Waals surface area contributed by atoms with Gasteiger partial charge in [-0.1, -0.05) is 18.5 Å². The van der Waals surface area contributed by atoms with Gasteiger partial charge in [-0.15, -0.1) is 11.3 Å². The van der Waals surface area contributed by atoms with Crippen molar-refractivity contribution in [2.75, 3.05) is 13.1 Å². The molecular formula is C11H16BrClN2OS. The molecule has 0 aliphatic rings. The molecule has 1 rings (SSSR count). The van der Waals surface area contributed by atoms with Gasteiger partial charge in [-0.3, -0.25) is 4.79 Å². The molecule has 6 heteroatoms. The zero-order valence-corrected chi connectivity index (χ0v) is 12.8. The minimum atomic E-state index is 0.102. The Bertz CT molecular complexity index is 351. The standard InChI is InChI=1S/C11H16BrClN2OS/c1-2-4-15-10(16)3-5-14-7-8-6-9(12)11(13)17-8/h6,14H,2-5,7H2,1H3,(H,15,16). The zero-order chi connectivity index (χ0) is 12.7. The van der Waals surface area contributed by atoms with Gasteiger partial charge in [0.15, 0.2) is 0 Å². The summed E-state index contributed by atoms with van der Waals surface area (Å²) >= 11 is 10.8. The highest BCUT2D eigenvalue weighted by Crippen LogP contribution is 2.31. The van der Waals surface area contributed by atoms with Crippen LogP contribution in [-0.4, -0.2) is 19.0 Å². The molecule has 0 fully saturated rings. The van der Waals surface area contributed by atoms with Crippen LogP contribution in [0, 0.1) is 0 Å². The lowest BCUT2D eigenvalue weighted by molar-refractivity contribution is -0.120. The monoisotopic (exact) mass is 338 g/mol. The van der Waals surface area contributed by atoms with Crippen molar-refractivity contribution in [2.45, 2.75) is 26.3 Å². The van der Waals surface area contributed by atoms with E-state index in [4.69, 9.17) is 11.6 Å². The number of halogens is 2. The molecule has 1 heterocycles. The molecular weight excluding hydrogens is 324 g/mol. The van der Waals surface area contributed by atoms with E-state index in [0.29, 0.717) is 13.0 Å². The molecule has 1 aromatic heterocycles. The van der Waals surface area contributed by atoms with Crippen molar-refractivity contribution in [1.29, 1.82) is 0 Å². The maximum absolute atomic E-state index is 11.3. The topological polar surface area (TPSA) is 41.1 Å². The fourth-order valence-electron chi connectivity index (χ4n) is 1.24. The van der Waals surface area contributed by atoms with E-state index in [9.17, 15) is 4.79 Å². The second-order valence-electron chi connectivity index (χ2n) is 3.61. The number of carbonyl (C=O) groups excluding carboxylic acids is 1. The average molecular weight is 340 g/mol. The summed E-state index contributed by atoms with van der Waals surface area (Å²) in [4.78, 5) is 12.5. The fourth-order valence-corrected chi connectivity index (χ4v) is 3.00. The molecule has 0 atom stereocenters. The third kappa shape index (κ3) is 5.86. The normalized spacial score (nSPS) is 10.5. The minimum Gasteiger partial charge on any atom is -0.356 e.